The molecule has 1 amide bonds. The third-order valence-corrected chi connectivity index (χ3v) is 5.17. The van der Waals surface area contributed by atoms with Crippen molar-refractivity contribution in [2.24, 2.45) is 0 Å². The van der Waals surface area contributed by atoms with E-state index in [1.807, 2.05) is 0 Å². The number of carbonyl (C=O) groups is 1. The molecule has 0 bridgehead atoms. The molecule has 0 spiro atoms. The summed E-state index contributed by atoms with van der Waals surface area (Å²) in [5, 5.41) is 3.10. The van der Waals surface area contributed by atoms with Crippen LogP contribution in [0.15, 0.2) is 55.2 Å². The highest BCUT2D eigenvalue weighted by Gasteiger charge is 2.28. The topological polar surface area (TPSA) is 93.1 Å². The molecule has 1 unspecified atom stereocenters. The van der Waals surface area contributed by atoms with Crippen LogP contribution >= 0.6 is 0 Å². The average molecular weight is 422 g/mol. The molecule has 3 aromatic rings. The van der Waals surface area contributed by atoms with E-state index in [1.165, 1.54) is 24.3 Å². The Hall–Kier alpha value is -3.62. The maximum Gasteiger partial charge on any atom is 0.263 e. The number of rotatable bonds is 6. The summed E-state index contributed by atoms with van der Waals surface area (Å²) in [4.78, 5) is 31.7. The van der Waals surface area contributed by atoms with Crippen molar-refractivity contribution in [1.82, 2.24) is 24.8 Å². The Morgan fingerprint density at radius 1 is 1.10 bits per heavy atom. The van der Waals surface area contributed by atoms with Crippen molar-refractivity contribution in [2.75, 3.05) is 18.4 Å². The third kappa shape index (κ3) is 5.30. The van der Waals surface area contributed by atoms with E-state index in [0.29, 0.717) is 30.5 Å². The molecule has 31 heavy (non-hydrogen) atoms. The van der Waals surface area contributed by atoms with Crippen LogP contribution in [0.2, 0.25) is 0 Å². The largest absolute Gasteiger partial charge is 0.481 e. The molecule has 0 aliphatic carbocycles. The summed E-state index contributed by atoms with van der Waals surface area (Å²) < 4.78 is 18.7. The number of likely N-dealkylation sites (tertiary alicyclic amines) is 1. The van der Waals surface area contributed by atoms with Gasteiger partial charge < -0.3 is 15.0 Å². The molecule has 1 N–H and O–H groups in total. The Kier molecular flexibility index (Phi) is 6.30. The summed E-state index contributed by atoms with van der Waals surface area (Å²) in [7, 11) is 0. The summed E-state index contributed by atoms with van der Waals surface area (Å²) in [6.07, 6.45) is 9.18. The van der Waals surface area contributed by atoms with Gasteiger partial charge in [0.15, 0.2) is 6.10 Å². The first-order valence-corrected chi connectivity index (χ1v) is 10.1. The number of nitrogens with zero attached hydrogens (tertiary/aromatic N) is 5. The van der Waals surface area contributed by atoms with Crippen LogP contribution in [0, 0.1) is 5.82 Å². The molecule has 1 atom stereocenters. The normalized spacial score (nSPS) is 15.4. The highest BCUT2D eigenvalue weighted by molar-refractivity contribution is 5.81. The predicted molar refractivity (Wildman–Crippen MR) is 112 cm³/mol. The molecule has 1 fully saturated rings. The second-order valence-corrected chi connectivity index (χ2v) is 7.36. The van der Waals surface area contributed by atoms with Gasteiger partial charge in [-0.05, 0) is 44.0 Å². The molecule has 1 saturated heterocycles. The highest BCUT2D eigenvalue weighted by Crippen LogP contribution is 2.28. The molecule has 1 aromatic carbocycles. The predicted octanol–water partition coefficient (Wildman–Crippen LogP) is 3.32. The summed E-state index contributed by atoms with van der Waals surface area (Å²) in [6.45, 7) is 2.94. The lowest BCUT2D eigenvalue weighted by atomic mass is 9.93. The van der Waals surface area contributed by atoms with Gasteiger partial charge in [-0.15, -0.1) is 0 Å². The van der Waals surface area contributed by atoms with E-state index in [-0.39, 0.29) is 17.6 Å². The van der Waals surface area contributed by atoms with Crippen LogP contribution in [-0.4, -0.2) is 49.9 Å². The van der Waals surface area contributed by atoms with E-state index in [4.69, 9.17) is 4.74 Å². The average Bonchev–Trinajstić information content (AvgIpc) is 2.81. The second kappa shape index (κ2) is 9.46. The number of amides is 1. The van der Waals surface area contributed by atoms with E-state index in [1.54, 1.807) is 42.8 Å². The van der Waals surface area contributed by atoms with Crippen molar-refractivity contribution < 1.29 is 13.9 Å². The van der Waals surface area contributed by atoms with Crippen molar-refractivity contribution in [3.8, 4) is 5.75 Å². The zero-order chi connectivity index (χ0) is 21.6. The van der Waals surface area contributed by atoms with Gasteiger partial charge in [0.05, 0.1) is 18.1 Å². The number of piperidine rings is 1. The van der Waals surface area contributed by atoms with Crippen LogP contribution in [-0.2, 0) is 4.79 Å². The zero-order valence-electron chi connectivity index (χ0n) is 17.1. The lowest BCUT2D eigenvalue weighted by molar-refractivity contribution is -0.139. The number of hydrogen-bond donors (Lipinski definition) is 1. The van der Waals surface area contributed by atoms with E-state index >= 15 is 0 Å². The van der Waals surface area contributed by atoms with Gasteiger partial charge in [-0.3, -0.25) is 14.8 Å². The van der Waals surface area contributed by atoms with Crippen LogP contribution in [0.25, 0.3) is 0 Å². The number of carbonyl (C=O) groups excluding carboxylic acids is 1. The Bertz CT molecular complexity index is 1010. The van der Waals surface area contributed by atoms with E-state index in [2.05, 4.69) is 25.3 Å². The van der Waals surface area contributed by atoms with Gasteiger partial charge in [-0.25, -0.2) is 14.4 Å². The van der Waals surface area contributed by atoms with Crippen LogP contribution in [0.1, 0.15) is 31.4 Å². The molecule has 3 heterocycles. The summed E-state index contributed by atoms with van der Waals surface area (Å²) in [6, 6.07) is 5.66. The van der Waals surface area contributed by atoms with Gasteiger partial charge >= 0.3 is 0 Å². The Morgan fingerprint density at radius 2 is 1.84 bits per heavy atom. The zero-order valence-corrected chi connectivity index (χ0v) is 17.1. The maximum atomic E-state index is 13.0. The number of aromatic nitrogens is 4. The van der Waals surface area contributed by atoms with Crippen LogP contribution in [0.3, 0.4) is 0 Å². The van der Waals surface area contributed by atoms with Crippen LogP contribution in [0.5, 0.6) is 5.75 Å². The number of nitrogens with one attached hydrogen (secondary N) is 1. The minimum Gasteiger partial charge on any atom is -0.481 e. The smallest absolute Gasteiger partial charge is 0.263 e. The summed E-state index contributed by atoms with van der Waals surface area (Å²) in [5.41, 5.74) is 0.886. The maximum absolute atomic E-state index is 13.0. The van der Waals surface area contributed by atoms with E-state index in [0.717, 1.165) is 18.5 Å². The van der Waals surface area contributed by atoms with E-state index in [9.17, 15) is 9.18 Å². The Morgan fingerprint density at radius 3 is 2.55 bits per heavy atom. The number of hydrogen-bond acceptors (Lipinski definition) is 7. The lowest BCUT2D eigenvalue weighted by Gasteiger charge is -2.33. The first-order chi connectivity index (χ1) is 15.1. The molecule has 0 saturated carbocycles. The molecule has 1 aliphatic heterocycles. The fourth-order valence-electron chi connectivity index (χ4n) is 3.55. The molecule has 9 heteroatoms. The highest BCUT2D eigenvalue weighted by atomic mass is 19.1. The van der Waals surface area contributed by atoms with Gasteiger partial charge in [-0.1, -0.05) is 0 Å². The fourth-order valence-corrected chi connectivity index (χ4v) is 3.55. The first kappa shape index (κ1) is 20.6. The van der Waals surface area contributed by atoms with Gasteiger partial charge in [0.1, 0.15) is 23.2 Å². The minimum absolute atomic E-state index is 0.0769. The first-order valence-electron chi connectivity index (χ1n) is 10.1. The van der Waals surface area contributed by atoms with Crippen molar-refractivity contribution in [1.29, 1.82) is 0 Å². The Balaban J connectivity index is 1.32. The fraction of sp³-hybridized carbons (Fsp3) is 0.318. The number of anilines is 2. The van der Waals surface area contributed by atoms with Crippen molar-refractivity contribution >= 4 is 17.5 Å². The second-order valence-electron chi connectivity index (χ2n) is 7.36. The molecule has 160 valence electrons. The summed E-state index contributed by atoms with van der Waals surface area (Å²) in [5.74, 6) is 1.48. The van der Waals surface area contributed by atoms with Crippen molar-refractivity contribution in [2.45, 2.75) is 31.8 Å². The van der Waals surface area contributed by atoms with Crippen molar-refractivity contribution in [3.63, 3.8) is 0 Å². The van der Waals surface area contributed by atoms with Gasteiger partial charge in [0.25, 0.3) is 5.91 Å². The molecular weight excluding hydrogens is 399 g/mol. The molecule has 0 radical (unpaired) electrons. The number of ether oxygens (including phenoxy) is 1. The third-order valence-electron chi connectivity index (χ3n) is 5.17. The Labute approximate surface area is 179 Å². The SMILES string of the molecule is CC(Oc1ccc(F)cc1)C(=O)N1CCC(c2cncc(Nc3cnccn3)n2)CC1. The van der Waals surface area contributed by atoms with Gasteiger partial charge in [0.2, 0.25) is 0 Å². The van der Waals surface area contributed by atoms with Gasteiger partial charge in [0, 0.05) is 37.6 Å². The molecule has 8 nitrogen and oxygen atoms in total. The summed E-state index contributed by atoms with van der Waals surface area (Å²) >= 11 is 0. The quantitative estimate of drug-likeness (QED) is 0.651. The number of halogens is 1. The van der Waals surface area contributed by atoms with Crippen molar-refractivity contribution in [3.05, 3.63) is 66.8 Å². The molecule has 2 aromatic heterocycles. The minimum atomic E-state index is -0.638. The monoisotopic (exact) mass is 422 g/mol. The molecular formula is C22H23FN6O2. The number of benzene rings is 1. The van der Waals surface area contributed by atoms with Gasteiger partial charge in [-0.2, -0.15) is 0 Å². The van der Waals surface area contributed by atoms with Crippen LogP contribution in [0.4, 0.5) is 16.0 Å². The standard InChI is InChI=1S/C22H23FN6O2/c1-15(31-18-4-2-17(23)3-5-18)22(30)29-10-6-16(7-11-29)19-12-25-14-21(27-19)28-20-13-24-8-9-26-20/h2-5,8-9,12-16H,6-7,10-11H2,1H3,(H,26,27,28). The van der Waals surface area contributed by atoms with Crippen LogP contribution < -0.4 is 10.1 Å². The van der Waals surface area contributed by atoms with E-state index < -0.39 is 6.10 Å². The molecule has 1 aliphatic rings. The lowest BCUT2D eigenvalue weighted by Crippen LogP contribution is -2.44. The molecule has 4 rings (SSSR count).